The van der Waals surface area contributed by atoms with Gasteiger partial charge in [0, 0.05) is 29.5 Å². The molecule has 6 atom stereocenters. The first-order valence-electron chi connectivity index (χ1n) is 11.1. The number of aliphatic hydroxyl groups is 4. The molecule has 1 fully saturated rings. The van der Waals surface area contributed by atoms with E-state index in [2.05, 4.69) is 0 Å². The smallest absolute Gasteiger partial charge is 0.224 e. The molecule has 0 radical (unpaired) electrons. The number of methoxy groups -OCH3 is 2. The minimum Gasteiger partial charge on any atom is -0.394 e. The molecular weight excluding hydrogens is 475 g/mol. The van der Waals surface area contributed by atoms with Crippen molar-refractivity contribution in [3.05, 3.63) is 83.0 Å². The Morgan fingerprint density at radius 2 is 1.86 bits per heavy atom. The lowest BCUT2D eigenvalue weighted by Crippen LogP contribution is -2.66. The Hall–Kier alpha value is -2.21. The van der Waals surface area contributed by atoms with Gasteiger partial charge in [-0.1, -0.05) is 42.5 Å². The third kappa shape index (κ3) is 5.79. The van der Waals surface area contributed by atoms with Gasteiger partial charge < -0.3 is 34.6 Å². The first-order valence-corrected chi connectivity index (χ1v) is 11.9. The SMILES string of the molecule is C/C=C/C=C(\C=C\C(OC)c1ccc(-c2ccc(F)cc2)s1)[C@]1(OC)O[C@H](CO)[C@@H](O)[C@H](O)[C@H]1O. The Morgan fingerprint density at radius 1 is 1.14 bits per heavy atom. The fraction of sp³-hybridized carbons (Fsp3) is 0.385. The second kappa shape index (κ2) is 12.2. The Kier molecular flexibility index (Phi) is 9.51. The van der Waals surface area contributed by atoms with E-state index >= 15 is 0 Å². The first kappa shape index (κ1) is 27.4. The van der Waals surface area contributed by atoms with Crippen LogP contribution in [-0.4, -0.2) is 71.5 Å². The predicted molar refractivity (Wildman–Crippen MR) is 131 cm³/mol. The predicted octanol–water partition coefficient (Wildman–Crippen LogP) is 3.12. The number of hydrogen-bond acceptors (Lipinski definition) is 8. The molecule has 1 aliphatic heterocycles. The van der Waals surface area contributed by atoms with Crippen LogP contribution in [0.15, 0.2) is 72.4 Å². The van der Waals surface area contributed by atoms with Crippen LogP contribution in [0.2, 0.25) is 0 Å². The van der Waals surface area contributed by atoms with E-state index < -0.39 is 42.9 Å². The van der Waals surface area contributed by atoms with Gasteiger partial charge >= 0.3 is 0 Å². The minimum atomic E-state index is -1.85. The zero-order chi connectivity index (χ0) is 25.6. The normalized spacial score (nSPS) is 28.7. The molecule has 0 bridgehead atoms. The zero-order valence-electron chi connectivity index (χ0n) is 19.7. The van der Waals surface area contributed by atoms with Crippen molar-refractivity contribution in [3.63, 3.8) is 0 Å². The van der Waals surface area contributed by atoms with Crippen LogP contribution in [0.25, 0.3) is 10.4 Å². The van der Waals surface area contributed by atoms with Gasteiger partial charge in [0.25, 0.3) is 0 Å². The highest BCUT2D eigenvalue weighted by molar-refractivity contribution is 7.15. The highest BCUT2D eigenvalue weighted by Gasteiger charge is 2.55. The van der Waals surface area contributed by atoms with Crippen molar-refractivity contribution in [2.24, 2.45) is 0 Å². The van der Waals surface area contributed by atoms with Gasteiger partial charge in [-0.15, -0.1) is 11.3 Å². The number of halogens is 1. The third-order valence-corrected chi connectivity index (χ3v) is 7.06. The van der Waals surface area contributed by atoms with Crippen LogP contribution >= 0.6 is 11.3 Å². The quantitative estimate of drug-likeness (QED) is 0.387. The summed E-state index contributed by atoms with van der Waals surface area (Å²) in [5.41, 5.74) is 1.22. The monoisotopic (exact) mass is 506 g/mol. The Balaban J connectivity index is 1.94. The Bertz CT molecular complexity index is 1050. The lowest BCUT2D eigenvalue weighted by molar-refractivity contribution is -0.338. The average molecular weight is 507 g/mol. The first-order chi connectivity index (χ1) is 16.8. The van der Waals surface area contributed by atoms with Crippen molar-refractivity contribution in [3.8, 4) is 10.4 Å². The number of aliphatic hydroxyl groups excluding tert-OH is 4. The van der Waals surface area contributed by atoms with Crippen molar-refractivity contribution >= 4 is 11.3 Å². The molecule has 1 saturated heterocycles. The number of benzene rings is 1. The maximum absolute atomic E-state index is 13.3. The molecule has 1 aliphatic rings. The highest BCUT2D eigenvalue weighted by atomic mass is 32.1. The van der Waals surface area contributed by atoms with E-state index in [1.807, 2.05) is 19.1 Å². The summed E-state index contributed by atoms with van der Waals surface area (Å²) in [5, 5.41) is 41.1. The average Bonchev–Trinajstić information content (AvgIpc) is 3.36. The molecule has 1 unspecified atom stereocenters. The van der Waals surface area contributed by atoms with Gasteiger partial charge in [0.1, 0.15) is 36.3 Å². The molecule has 7 nitrogen and oxygen atoms in total. The topological polar surface area (TPSA) is 109 Å². The van der Waals surface area contributed by atoms with E-state index in [4.69, 9.17) is 14.2 Å². The molecular formula is C26H31FO7S. The summed E-state index contributed by atoms with van der Waals surface area (Å²) in [7, 11) is 2.86. The summed E-state index contributed by atoms with van der Waals surface area (Å²) in [6.07, 6.45) is 2.13. The summed E-state index contributed by atoms with van der Waals surface area (Å²) < 4.78 is 30.3. The maximum Gasteiger partial charge on any atom is 0.224 e. The standard InChI is InChI=1S/C26H31FO7S/c1-4-5-6-17(26(33-3)25(31)24(30)23(29)20(15-28)34-26)9-12-19(32-2)22-14-13-21(35-22)16-7-10-18(27)11-8-16/h4-14,19-20,23-25,28-31H,15H2,1-3H3/b5-4+,12-9+,17-6+/t19?,20-,23-,24+,25-,26+/m1/s1. The summed E-state index contributed by atoms with van der Waals surface area (Å²) >= 11 is 1.49. The molecule has 0 amide bonds. The van der Waals surface area contributed by atoms with E-state index in [0.717, 1.165) is 15.3 Å². The van der Waals surface area contributed by atoms with E-state index in [1.54, 1.807) is 49.6 Å². The molecule has 0 aliphatic carbocycles. The molecule has 190 valence electrons. The molecule has 3 rings (SSSR count). The van der Waals surface area contributed by atoms with Crippen molar-refractivity contribution in [1.82, 2.24) is 0 Å². The second-order valence-electron chi connectivity index (χ2n) is 8.01. The van der Waals surface area contributed by atoms with Gasteiger partial charge in [-0.2, -0.15) is 0 Å². The maximum atomic E-state index is 13.3. The van der Waals surface area contributed by atoms with Crippen LogP contribution in [0.1, 0.15) is 17.9 Å². The van der Waals surface area contributed by atoms with Crippen molar-refractivity contribution in [2.45, 2.75) is 43.2 Å². The fourth-order valence-corrected chi connectivity index (χ4v) is 4.98. The Labute approximate surface area is 208 Å². The van der Waals surface area contributed by atoms with Crippen LogP contribution in [0.5, 0.6) is 0 Å². The molecule has 2 aromatic rings. The third-order valence-electron chi connectivity index (χ3n) is 5.86. The highest BCUT2D eigenvalue weighted by Crippen LogP contribution is 2.39. The lowest BCUT2D eigenvalue weighted by Gasteiger charge is -2.48. The van der Waals surface area contributed by atoms with Crippen LogP contribution in [0, 0.1) is 5.82 Å². The molecule has 2 heterocycles. The molecule has 1 aromatic carbocycles. The summed E-state index contributed by atoms with van der Waals surface area (Å²) in [4.78, 5) is 1.83. The van der Waals surface area contributed by atoms with Crippen molar-refractivity contribution < 1.29 is 39.0 Å². The van der Waals surface area contributed by atoms with Gasteiger partial charge in [0.2, 0.25) is 5.79 Å². The molecule has 0 saturated carbocycles. The summed E-state index contributed by atoms with van der Waals surface area (Å²) in [6.45, 7) is 1.23. The van der Waals surface area contributed by atoms with Gasteiger partial charge in [0.15, 0.2) is 0 Å². The summed E-state index contributed by atoms with van der Waals surface area (Å²) in [5.74, 6) is -2.15. The van der Waals surface area contributed by atoms with Crippen LogP contribution in [0.4, 0.5) is 4.39 Å². The number of hydrogen-bond donors (Lipinski definition) is 4. The van der Waals surface area contributed by atoms with Gasteiger partial charge in [-0.3, -0.25) is 0 Å². The minimum absolute atomic E-state index is 0.302. The van der Waals surface area contributed by atoms with Crippen molar-refractivity contribution in [1.29, 1.82) is 0 Å². The molecule has 35 heavy (non-hydrogen) atoms. The molecule has 1 aromatic heterocycles. The van der Waals surface area contributed by atoms with E-state index in [9.17, 15) is 24.8 Å². The van der Waals surface area contributed by atoms with E-state index in [1.165, 1.54) is 30.6 Å². The zero-order valence-corrected chi connectivity index (χ0v) is 20.6. The molecule has 0 spiro atoms. The second-order valence-corrected chi connectivity index (χ2v) is 9.12. The number of ether oxygens (including phenoxy) is 3. The number of allylic oxidation sites excluding steroid dienone is 3. The van der Waals surface area contributed by atoms with E-state index in [0.29, 0.717) is 5.57 Å². The van der Waals surface area contributed by atoms with Gasteiger partial charge in [0.05, 0.1) is 6.61 Å². The van der Waals surface area contributed by atoms with E-state index in [-0.39, 0.29) is 5.82 Å². The van der Waals surface area contributed by atoms with Gasteiger partial charge in [-0.05, 0) is 36.8 Å². The molecule has 4 N–H and O–H groups in total. The largest absolute Gasteiger partial charge is 0.394 e. The lowest BCUT2D eigenvalue weighted by atomic mass is 9.87. The number of thiophene rings is 1. The van der Waals surface area contributed by atoms with Gasteiger partial charge in [-0.25, -0.2) is 4.39 Å². The summed E-state index contributed by atoms with van der Waals surface area (Å²) in [6, 6.07) is 10.1. The van der Waals surface area contributed by atoms with Crippen molar-refractivity contribution in [2.75, 3.05) is 20.8 Å². The van der Waals surface area contributed by atoms with Crippen LogP contribution < -0.4 is 0 Å². The fourth-order valence-electron chi connectivity index (χ4n) is 3.91. The van der Waals surface area contributed by atoms with Crippen LogP contribution in [-0.2, 0) is 14.2 Å². The number of rotatable bonds is 9. The molecule has 9 heteroatoms. The van der Waals surface area contributed by atoms with Crippen LogP contribution in [0.3, 0.4) is 0 Å². The Morgan fingerprint density at radius 3 is 2.46 bits per heavy atom.